The zero-order valence-corrected chi connectivity index (χ0v) is 14.0. The first kappa shape index (κ1) is 16.3. The maximum absolute atomic E-state index is 4.96. The Bertz CT molecular complexity index is 404. The number of hydrogen-bond donors (Lipinski definition) is 1. The van der Waals surface area contributed by atoms with Gasteiger partial charge >= 0.3 is 0 Å². The van der Waals surface area contributed by atoms with E-state index < -0.39 is 0 Å². The van der Waals surface area contributed by atoms with Crippen LogP contribution in [0, 0.1) is 0 Å². The van der Waals surface area contributed by atoms with Crippen LogP contribution in [-0.4, -0.2) is 24.6 Å². The fourth-order valence-corrected chi connectivity index (χ4v) is 3.41. The van der Waals surface area contributed by atoms with Gasteiger partial charge in [0.05, 0.1) is 0 Å². The molecular weight excluding hydrogens is 258 g/mol. The van der Waals surface area contributed by atoms with Crippen LogP contribution < -0.4 is 10.2 Å². The van der Waals surface area contributed by atoms with Crippen LogP contribution in [0.1, 0.15) is 63.6 Å². The summed E-state index contributed by atoms with van der Waals surface area (Å²) in [4.78, 5) is 7.53. The van der Waals surface area contributed by atoms with Crippen molar-refractivity contribution in [3.05, 3.63) is 23.4 Å². The summed E-state index contributed by atoms with van der Waals surface area (Å²) in [6, 6.07) is 5.25. The molecule has 1 aliphatic rings. The van der Waals surface area contributed by atoms with Crippen molar-refractivity contribution >= 4 is 5.82 Å². The summed E-state index contributed by atoms with van der Waals surface area (Å²) >= 11 is 0. The monoisotopic (exact) mass is 289 g/mol. The van der Waals surface area contributed by atoms with Gasteiger partial charge in [0.25, 0.3) is 0 Å². The molecule has 2 heterocycles. The summed E-state index contributed by atoms with van der Waals surface area (Å²) in [5, 5.41) is 3.27. The zero-order chi connectivity index (χ0) is 15.1. The van der Waals surface area contributed by atoms with Crippen LogP contribution >= 0.6 is 0 Å². The van der Waals surface area contributed by atoms with E-state index in [4.69, 9.17) is 4.98 Å². The van der Waals surface area contributed by atoms with Gasteiger partial charge in [-0.25, -0.2) is 4.98 Å². The zero-order valence-electron chi connectivity index (χ0n) is 14.0. The SMILES string of the molecule is CCCc1cc(CNC)cc(N2CCCCC2CCC)n1. The Morgan fingerprint density at radius 3 is 2.81 bits per heavy atom. The third kappa shape index (κ3) is 4.44. The molecule has 1 aliphatic heterocycles. The highest BCUT2D eigenvalue weighted by atomic mass is 15.2. The number of aromatic nitrogens is 1. The molecule has 1 aromatic heterocycles. The van der Waals surface area contributed by atoms with E-state index in [0.29, 0.717) is 6.04 Å². The Labute approximate surface area is 130 Å². The number of aryl methyl sites for hydroxylation is 1. The highest BCUT2D eigenvalue weighted by molar-refractivity contribution is 5.44. The van der Waals surface area contributed by atoms with Crippen LogP contribution in [-0.2, 0) is 13.0 Å². The fourth-order valence-electron chi connectivity index (χ4n) is 3.41. The number of nitrogens with zero attached hydrogens (tertiary/aromatic N) is 2. The summed E-state index contributed by atoms with van der Waals surface area (Å²) in [6.45, 7) is 6.62. The van der Waals surface area contributed by atoms with Crippen molar-refractivity contribution in [3.63, 3.8) is 0 Å². The van der Waals surface area contributed by atoms with Gasteiger partial charge in [-0.05, 0) is 56.8 Å². The molecule has 0 bridgehead atoms. The van der Waals surface area contributed by atoms with E-state index in [1.165, 1.54) is 55.7 Å². The number of pyridine rings is 1. The van der Waals surface area contributed by atoms with E-state index in [1.807, 2.05) is 7.05 Å². The number of piperidine rings is 1. The molecule has 0 amide bonds. The molecule has 2 rings (SSSR count). The smallest absolute Gasteiger partial charge is 0.129 e. The maximum Gasteiger partial charge on any atom is 0.129 e. The van der Waals surface area contributed by atoms with E-state index >= 15 is 0 Å². The van der Waals surface area contributed by atoms with Crippen LogP contribution in [0.15, 0.2) is 12.1 Å². The molecule has 118 valence electrons. The molecule has 0 aliphatic carbocycles. The Morgan fingerprint density at radius 2 is 2.10 bits per heavy atom. The van der Waals surface area contributed by atoms with Crippen molar-refractivity contribution in [2.24, 2.45) is 0 Å². The minimum atomic E-state index is 0.690. The van der Waals surface area contributed by atoms with E-state index in [-0.39, 0.29) is 0 Å². The molecule has 1 N–H and O–H groups in total. The predicted octanol–water partition coefficient (Wildman–Crippen LogP) is 3.91. The highest BCUT2D eigenvalue weighted by Crippen LogP contribution is 2.27. The molecule has 1 saturated heterocycles. The van der Waals surface area contributed by atoms with Gasteiger partial charge < -0.3 is 10.2 Å². The summed E-state index contributed by atoms with van der Waals surface area (Å²) < 4.78 is 0. The third-order valence-electron chi connectivity index (χ3n) is 4.36. The lowest BCUT2D eigenvalue weighted by molar-refractivity contribution is 0.431. The number of anilines is 1. The quantitative estimate of drug-likeness (QED) is 0.825. The van der Waals surface area contributed by atoms with Gasteiger partial charge in [0, 0.05) is 24.8 Å². The van der Waals surface area contributed by atoms with E-state index in [0.717, 1.165) is 19.4 Å². The fraction of sp³-hybridized carbons (Fsp3) is 0.722. The minimum Gasteiger partial charge on any atom is -0.354 e. The van der Waals surface area contributed by atoms with Gasteiger partial charge in [0.1, 0.15) is 5.82 Å². The van der Waals surface area contributed by atoms with Crippen molar-refractivity contribution in [2.75, 3.05) is 18.5 Å². The number of hydrogen-bond acceptors (Lipinski definition) is 3. The second kappa shape index (κ2) is 8.38. The second-order valence-electron chi connectivity index (χ2n) is 6.24. The topological polar surface area (TPSA) is 28.2 Å². The lowest BCUT2D eigenvalue weighted by atomic mass is 9.98. The summed E-state index contributed by atoms with van der Waals surface area (Å²) in [7, 11) is 2.01. The predicted molar refractivity (Wildman–Crippen MR) is 90.9 cm³/mol. The average Bonchev–Trinajstić information content (AvgIpc) is 2.49. The number of nitrogens with one attached hydrogen (secondary N) is 1. The first-order valence-electron chi connectivity index (χ1n) is 8.69. The third-order valence-corrected chi connectivity index (χ3v) is 4.36. The van der Waals surface area contributed by atoms with Gasteiger partial charge in [0.15, 0.2) is 0 Å². The molecule has 3 nitrogen and oxygen atoms in total. The van der Waals surface area contributed by atoms with E-state index in [2.05, 4.69) is 36.2 Å². The molecule has 0 aromatic carbocycles. The Morgan fingerprint density at radius 1 is 1.24 bits per heavy atom. The van der Waals surface area contributed by atoms with Gasteiger partial charge in [0.2, 0.25) is 0 Å². The minimum absolute atomic E-state index is 0.690. The normalized spacial score (nSPS) is 19.0. The summed E-state index contributed by atoms with van der Waals surface area (Å²) in [5.41, 5.74) is 2.62. The highest BCUT2D eigenvalue weighted by Gasteiger charge is 2.23. The molecule has 1 fully saturated rings. The Kier molecular flexibility index (Phi) is 6.50. The summed E-state index contributed by atoms with van der Waals surface area (Å²) in [5.74, 6) is 1.21. The standard InChI is InChI=1S/C18H31N3/c1-4-8-16-12-15(14-19-3)13-18(20-16)21-11-7-6-10-17(21)9-5-2/h12-13,17,19H,4-11,14H2,1-3H3. The van der Waals surface area contributed by atoms with Crippen molar-refractivity contribution in [2.45, 2.75) is 71.4 Å². The van der Waals surface area contributed by atoms with Crippen LogP contribution in [0.25, 0.3) is 0 Å². The van der Waals surface area contributed by atoms with Gasteiger partial charge in [-0.15, -0.1) is 0 Å². The van der Waals surface area contributed by atoms with Crippen LogP contribution in [0.3, 0.4) is 0 Å². The van der Waals surface area contributed by atoms with Crippen LogP contribution in [0.5, 0.6) is 0 Å². The van der Waals surface area contributed by atoms with Crippen molar-refractivity contribution in [3.8, 4) is 0 Å². The van der Waals surface area contributed by atoms with Crippen LogP contribution in [0.2, 0.25) is 0 Å². The lowest BCUT2D eigenvalue weighted by Gasteiger charge is -2.37. The average molecular weight is 289 g/mol. The Hall–Kier alpha value is -1.09. The maximum atomic E-state index is 4.96. The van der Waals surface area contributed by atoms with Crippen LogP contribution in [0.4, 0.5) is 5.82 Å². The van der Waals surface area contributed by atoms with Gasteiger partial charge in [-0.2, -0.15) is 0 Å². The van der Waals surface area contributed by atoms with E-state index in [9.17, 15) is 0 Å². The van der Waals surface area contributed by atoms with E-state index in [1.54, 1.807) is 0 Å². The van der Waals surface area contributed by atoms with Crippen molar-refractivity contribution in [1.82, 2.24) is 10.3 Å². The van der Waals surface area contributed by atoms with Gasteiger partial charge in [-0.1, -0.05) is 26.7 Å². The Balaban J connectivity index is 2.26. The molecule has 21 heavy (non-hydrogen) atoms. The van der Waals surface area contributed by atoms with Crippen molar-refractivity contribution in [1.29, 1.82) is 0 Å². The molecule has 0 spiro atoms. The largest absolute Gasteiger partial charge is 0.354 e. The van der Waals surface area contributed by atoms with Crippen molar-refractivity contribution < 1.29 is 0 Å². The van der Waals surface area contributed by atoms with Gasteiger partial charge in [-0.3, -0.25) is 0 Å². The second-order valence-corrected chi connectivity index (χ2v) is 6.24. The molecule has 3 heteroatoms. The first-order valence-corrected chi connectivity index (χ1v) is 8.69. The molecule has 0 saturated carbocycles. The first-order chi connectivity index (χ1) is 10.3. The molecule has 1 aromatic rings. The summed E-state index contributed by atoms with van der Waals surface area (Å²) in [6.07, 6.45) is 8.81. The molecule has 1 atom stereocenters. The lowest BCUT2D eigenvalue weighted by Crippen LogP contribution is -2.40. The molecule has 0 radical (unpaired) electrons. The number of rotatable bonds is 7. The molecular formula is C18H31N3. The molecule has 1 unspecified atom stereocenters.